The van der Waals surface area contributed by atoms with Crippen molar-refractivity contribution in [3.05, 3.63) is 52.4 Å². The van der Waals surface area contributed by atoms with E-state index in [4.69, 9.17) is 62.4 Å². The second-order valence-corrected chi connectivity index (χ2v) is 7.33. The van der Waals surface area contributed by atoms with E-state index < -0.39 is 15.9 Å². The largest absolute Gasteiger partial charge is 0.459 e. The molecule has 2 rings (SSSR count). The summed E-state index contributed by atoms with van der Waals surface area (Å²) in [6.07, 6.45) is 0.298. The fraction of sp³-hybridized carbons (Fsp3) is 0.154. The number of furan rings is 1. The summed E-state index contributed by atoms with van der Waals surface area (Å²) in [5.74, 6) is -0.467. The predicted molar refractivity (Wildman–Crippen MR) is 90.3 cm³/mol. The zero-order chi connectivity index (χ0) is 16.3. The molecule has 2 N–H and O–H groups in total. The zero-order valence-electron chi connectivity index (χ0n) is 10.7. The Kier molecular flexibility index (Phi) is 5.75. The van der Waals surface area contributed by atoms with E-state index in [0.717, 1.165) is 0 Å². The van der Waals surface area contributed by atoms with Crippen LogP contribution in [0, 0.1) is 0 Å². The molecule has 1 aromatic carbocycles. The van der Waals surface area contributed by atoms with Gasteiger partial charge >= 0.3 is 0 Å². The molecule has 1 heterocycles. The minimum absolute atomic E-state index is 0.0817. The summed E-state index contributed by atoms with van der Waals surface area (Å²) >= 11 is 29.7. The highest BCUT2D eigenvalue weighted by atomic mass is 35.6. The van der Waals surface area contributed by atoms with Crippen molar-refractivity contribution >= 4 is 69.6 Å². The molecule has 0 saturated carbocycles. The minimum Gasteiger partial charge on any atom is -0.459 e. The van der Waals surface area contributed by atoms with Gasteiger partial charge in [0, 0.05) is 0 Å². The summed E-state index contributed by atoms with van der Waals surface area (Å²) in [4.78, 5) is 12.0. The molecule has 0 radical (unpaired) electrons. The SMILES string of the molecule is O=C(N[C@@H](Nc1cccc(Cl)c1Cl)C(Cl)(Cl)Cl)c1ccco1. The van der Waals surface area contributed by atoms with E-state index in [2.05, 4.69) is 10.6 Å². The van der Waals surface area contributed by atoms with Gasteiger partial charge in [0.2, 0.25) is 3.79 Å². The Hall–Kier alpha value is -0.780. The molecule has 2 aromatic rings. The summed E-state index contributed by atoms with van der Waals surface area (Å²) in [5, 5.41) is 5.92. The summed E-state index contributed by atoms with van der Waals surface area (Å²) < 4.78 is 3.15. The first-order valence-corrected chi connectivity index (χ1v) is 7.79. The van der Waals surface area contributed by atoms with Gasteiger partial charge in [-0.2, -0.15) is 0 Å². The topological polar surface area (TPSA) is 54.3 Å². The van der Waals surface area contributed by atoms with Crippen molar-refractivity contribution in [3.8, 4) is 0 Å². The highest BCUT2D eigenvalue weighted by Crippen LogP contribution is 2.35. The van der Waals surface area contributed by atoms with Gasteiger partial charge in [0.25, 0.3) is 5.91 Å². The number of nitrogens with one attached hydrogen (secondary N) is 2. The maximum Gasteiger partial charge on any atom is 0.288 e. The first kappa shape index (κ1) is 17.6. The number of hydrogen-bond donors (Lipinski definition) is 2. The number of carbonyl (C=O) groups excluding carboxylic acids is 1. The van der Waals surface area contributed by atoms with Gasteiger partial charge in [-0.05, 0) is 24.3 Å². The van der Waals surface area contributed by atoms with Crippen molar-refractivity contribution < 1.29 is 9.21 Å². The lowest BCUT2D eigenvalue weighted by Gasteiger charge is -2.27. The number of rotatable bonds is 4. The lowest BCUT2D eigenvalue weighted by atomic mass is 10.3. The highest BCUT2D eigenvalue weighted by Gasteiger charge is 2.35. The molecule has 0 saturated heterocycles. The predicted octanol–water partition coefficient (Wildman–Crippen LogP) is 5.12. The van der Waals surface area contributed by atoms with E-state index in [0.29, 0.717) is 10.7 Å². The standard InChI is InChI=1S/C13H9Cl5N2O2/c14-7-3-1-4-8(10(7)15)19-12(13(16,17)18)20-11(21)9-5-2-6-22-9/h1-6,12,19H,(H,20,21)/t12-/m1/s1. The first-order valence-electron chi connectivity index (χ1n) is 5.90. The van der Waals surface area contributed by atoms with E-state index in [9.17, 15) is 4.79 Å². The van der Waals surface area contributed by atoms with Crippen LogP contribution in [0.3, 0.4) is 0 Å². The second kappa shape index (κ2) is 7.20. The molecule has 22 heavy (non-hydrogen) atoms. The monoisotopic (exact) mass is 400 g/mol. The fourth-order valence-corrected chi connectivity index (χ4v) is 2.26. The summed E-state index contributed by atoms with van der Waals surface area (Å²) in [7, 11) is 0. The van der Waals surface area contributed by atoms with E-state index >= 15 is 0 Å². The van der Waals surface area contributed by atoms with E-state index in [1.54, 1.807) is 24.3 Å². The number of benzene rings is 1. The maximum absolute atomic E-state index is 12.0. The van der Waals surface area contributed by atoms with Crippen molar-refractivity contribution in [2.24, 2.45) is 0 Å². The molecule has 1 atom stereocenters. The Bertz CT molecular complexity index is 655. The molecular weight excluding hydrogens is 393 g/mol. The molecule has 1 amide bonds. The Morgan fingerprint density at radius 1 is 1.14 bits per heavy atom. The Balaban J connectivity index is 2.20. The normalized spacial score (nSPS) is 12.8. The molecule has 0 aliphatic rings. The van der Waals surface area contributed by atoms with Crippen LogP contribution in [0.5, 0.6) is 0 Å². The molecule has 0 aliphatic carbocycles. The Morgan fingerprint density at radius 3 is 2.45 bits per heavy atom. The van der Waals surface area contributed by atoms with E-state index in [1.165, 1.54) is 12.3 Å². The molecule has 0 aliphatic heterocycles. The van der Waals surface area contributed by atoms with Gasteiger partial charge in [-0.3, -0.25) is 4.79 Å². The van der Waals surface area contributed by atoms with Crippen molar-refractivity contribution in [1.82, 2.24) is 5.32 Å². The van der Waals surface area contributed by atoms with Gasteiger partial charge in [-0.1, -0.05) is 64.1 Å². The number of amides is 1. The average Bonchev–Trinajstić information content (AvgIpc) is 2.96. The molecule has 118 valence electrons. The molecule has 9 heteroatoms. The van der Waals surface area contributed by atoms with Crippen LogP contribution in [0.1, 0.15) is 10.6 Å². The van der Waals surface area contributed by atoms with Crippen molar-refractivity contribution in [2.75, 3.05) is 5.32 Å². The van der Waals surface area contributed by atoms with Crippen LogP contribution in [-0.4, -0.2) is 15.9 Å². The smallest absolute Gasteiger partial charge is 0.288 e. The molecular formula is C13H9Cl5N2O2. The lowest BCUT2D eigenvalue weighted by Crippen LogP contribution is -2.49. The van der Waals surface area contributed by atoms with E-state index in [-0.39, 0.29) is 10.8 Å². The number of carbonyl (C=O) groups is 1. The third-order valence-corrected chi connectivity index (χ3v) is 4.07. The first-order chi connectivity index (χ1) is 10.3. The molecule has 1 aromatic heterocycles. The van der Waals surface area contributed by atoms with Crippen molar-refractivity contribution in [1.29, 1.82) is 0 Å². The van der Waals surface area contributed by atoms with Gasteiger partial charge in [0.15, 0.2) is 5.76 Å². The second-order valence-electron chi connectivity index (χ2n) is 4.17. The third kappa shape index (κ3) is 4.37. The van der Waals surface area contributed by atoms with E-state index in [1.807, 2.05) is 0 Å². The van der Waals surface area contributed by atoms with Crippen LogP contribution < -0.4 is 10.6 Å². The van der Waals surface area contributed by atoms with Crippen molar-refractivity contribution in [2.45, 2.75) is 9.96 Å². The Morgan fingerprint density at radius 2 is 1.86 bits per heavy atom. The number of alkyl halides is 3. The summed E-state index contributed by atoms with van der Waals surface area (Å²) in [6.45, 7) is 0. The maximum atomic E-state index is 12.0. The molecule has 0 fully saturated rings. The summed E-state index contributed by atoms with van der Waals surface area (Å²) in [6, 6.07) is 7.97. The summed E-state index contributed by atoms with van der Waals surface area (Å²) in [5.41, 5.74) is 0.408. The number of halogens is 5. The number of anilines is 1. The minimum atomic E-state index is -1.84. The average molecular weight is 402 g/mol. The third-order valence-electron chi connectivity index (χ3n) is 2.60. The van der Waals surface area contributed by atoms with Crippen LogP contribution in [0.2, 0.25) is 10.0 Å². The molecule has 0 unspecified atom stereocenters. The molecule has 0 bridgehead atoms. The van der Waals surface area contributed by atoms with Crippen LogP contribution >= 0.6 is 58.0 Å². The fourth-order valence-electron chi connectivity index (χ4n) is 1.58. The van der Waals surface area contributed by atoms with Gasteiger partial charge in [-0.25, -0.2) is 0 Å². The molecule has 4 nitrogen and oxygen atoms in total. The van der Waals surface area contributed by atoms with Gasteiger partial charge < -0.3 is 15.1 Å². The van der Waals surface area contributed by atoms with Crippen LogP contribution in [0.4, 0.5) is 5.69 Å². The van der Waals surface area contributed by atoms with Crippen LogP contribution in [-0.2, 0) is 0 Å². The van der Waals surface area contributed by atoms with Gasteiger partial charge in [-0.15, -0.1) is 0 Å². The lowest BCUT2D eigenvalue weighted by molar-refractivity contribution is 0.0914. The highest BCUT2D eigenvalue weighted by molar-refractivity contribution is 6.68. The Labute approximate surface area is 151 Å². The van der Waals surface area contributed by atoms with Crippen molar-refractivity contribution in [3.63, 3.8) is 0 Å². The quantitative estimate of drug-likeness (QED) is 0.551. The van der Waals surface area contributed by atoms with Gasteiger partial charge in [0.1, 0.15) is 6.17 Å². The molecule has 0 spiro atoms. The van der Waals surface area contributed by atoms with Gasteiger partial charge in [0.05, 0.1) is 22.0 Å². The van der Waals surface area contributed by atoms with Crippen LogP contribution in [0.25, 0.3) is 0 Å². The number of hydrogen-bond acceptors (Lipinski definition) is 3. The van der Waals surface area contributed by atoms with Crippen LogP contribution in [0.15, 0.2) is 41.0 Å². The zero-order valence-corrected chi connectivity index (χ0v) is 14.5.